The predicted molar refractivity (Wildman–Crippen MR) is 197 cm³/mol. The predicted octanol–water partition coefficient (Wildman–Crippen LogP) is 3.73. The highest BCUT2D eigenvalue weighted by Gasteiger charge is 2.46. The van der Waals surface area contributed by atoms with Gasteiger partial charge in [0.2, 0.25) is 0 Å². The van der Waals surface area contributed by atoms with Gasteiger partial charge in [-0.25, -0.2) is 4.79 Å². The molecule has 4 rings (SSSR count). The minimum absolute atomic E-state index is 0.158. The number of rotatable bonds is 24. The van der Waals surface area contributed by atoms with E-state index in [1.54, 1.807) is 24.3 Å². The van der Waals surface area contributed by atoms with E-state index in [0.29, 0.717) is 24.2 Å². The third-order valence-corrected chi connectivity index (χ3v) is 10.6. The maximum atomic E-state index is 14.0. The molecule has 0 unspecified atom stereocenters. The highest BCUT2D eigenvalue weighted by atomic mass is 16.7. The first-order chi connectivity index (χ1) is 25.2. The van der Waals surface area contributed by atoms with Crippen molar-refractivity contribution in [3.8, 4) is 0 Å². The summed E-state index contributed by atoms with van der Waals surface area (Å²) in [6.07, 6.45) is 4.53. The topological polar surface area (TPSA) is 185 Å². The molecule has 1 aromatic heterocycles. The highest BCUT2D eigenvalue weighted by Crippen LogP contribution is 2.27. The smallest absolute Gasteiger partial charge is 0.329 e. The molecule has 3 heterocycles. The lowest BCUT2D eigenvalue weighted by atomic mass is 9.98. The Kier molecular flexibility index (Phi) is 18.5. The minimum Gasteiger partial charge on any atom is -0.388 e. The molecule has 0 bridgehead atoms. The van der Waals surface area contributed by atoms with Gasteiger partial charge in [-0.15, -0.1) is 0 Å². The van der Waals surface area contributed by atoms with Crippen molar-refractivity contribution in [3.63, 3.8) is 0 Å². The summed E-state index contributed by atoms with van der Waals surface area (Å²) in [5.74, 6) is 0. The van der Waals surface area contributed by atoms with E-state index in [1.165, 1.54) is 60.5 Å². The summed E-state index contributed by atoms with van der Waals surface area (Å²) in [5, 5.41) is 64.8. The van der Waals surface area contributed by atoms with Crippen LogP contribution in [-0.4, -0.2) is 114 Å². The van der Waals surface area contributed by atoms with Crippen LogP contribution in [0.1, 0.15) is 117 Å². The third kappa shape index (κ3) is 11.8. The largest absolute Gasteiger partial charge is 0.388 e. The van der Waals surface area contributed by atoms with Crippen molar-refractivity contribution in [1.82, 2.24) is 9.13 Å². The fourth-order valence-electron chi connectivity index (χ4n) is 7.42. The fourth-order valence-corrected chi connectivity index (χ4v) is 7.42. The average Bonchev–Trinajstić information content (AvgIpc) is 3.39. The molecule has 13 heteroatoms. The second kappa shape index (κ2) is 22.5. The monoisotopic (exact) mass is 738 g/mol. The lowest BCUT2D eigenvalue weighted by molar-refractivity contribution is -0.292. The second-order valence-electron chi connectivity index (χ2n) is 14.7. The molecule has 13 nitrogen and oxygen atoms in total. The van der Waals surface area contributed by atoms with Gasteiger partial charge in [-0.1, -0.05) is 116 Å². The van der Waals surface area contributed by atoms with Crippen LogP contribution in [0.4, 0.5) is 0 Å². The van der Waals surface area contributed by atoms with Gasteiger partial charge in [0.15, 0.2) is 12.6 Å². The Labute approximate surface area is 308 Å². The summed E-state index contributed by atoms with van der Waals surface area (Å²) in [6, 6.07) is 6.99. The molecule has 0 saturated carbocycles. The Morgan fingerprint density at radius 2 is 0.885 bits per heavy atom. The number of hydrogen-bond donors (Lipinski definition) is 6. The number of aliphatic hydroxyl groups excluding tert-OH is 6. The van der Waals surface area contributed by atoms with Gasteiger partial charge in [0.05, 0.1) is 24.1 Å². The average molecular weight is 739 g/mol. The lowest BCUT2D eigenvalue weighted by Gasteiger charge is -2.40. The van der Waals surface area contributed by atoms with Gasteiger partial charge in [0.1, 0.15) is 48.8 Å². The Hall–Kier alpha value is -1.91. The van der Waals surface area contributed by atoms with E-state index in [9.17, 15) is 35.4 Å². The van der Waals surface area contributed by atoms with Crippen LogP contribution in [0.15, 0.2) is 29.1 Å². The van der Waals surface area contributed by atoms with Gasteiger partial charge >= 0.3 is 5.69 Å². The Morgan fingerprint density at radius 1 is 0.538 bits per heavy atom. The summed E-state index contributed by atoms with van der Waals surface area (Å²) in [6.45, 7) is 4.68. The molecule has 6 N–H and O–H groups in total. The van der Waals surface area contributed by atoms with Crippen LogP contribution in [0.5, 0.6) is 0 Å². The molecular formula is C39H66N2O11. The molecule has 2 aromatic rings. The molecule has 0 spiro atoms. The third-order valence-electron chi connectivity index (χ3n) is 10.6. The van der Waals surface area contributed by atoms with E-state index >= 15 is 0 Å². The molecule has 0 amide bonds. The van der Waals surface area contributed by atoms with Crippen LogP contribution in [0, 0.1) is 0 Å². The SMILES string of the molecule is CCCCCCCCCCO[C@@H]1[C@@H](O)[C@H](Cn2c(=O)n(C[C@H]3O[C@@H](O)[C@@H](O)[C@@H](OCCCCCCCCCC)[C@H]3O)c3ccccc32)O[C@H](O)[C@@H]1O. The first kappa shape index (κ1) is 42.8. The van der Waals surface area contributed by atoms with Crippen molar-refractivity contribution < 1.29 is 49.6 Å². The van der Waals surface area contributed by atoms with Gasteiger partial charge in [-0.3, -0.25) is 9.13 Å². The van der Waals surface area contributed by atoms with Gasteiger partial charge in [-0.2, -0.15) is 0 Å². The van der Waals surface area contributed by atoms with Crippen LogP contribution in [0.25, 0.3) is 11.0 Å². The van der Waals surface area contributed by atoms with Crippen LogP contribution in [0.3, 0.4) is 0 Å². The Bertz CT molecular complexity index is 1240. The molecule has 0 aliphatic carbocycles. The Balaban J connectivity index is 1.37. The van der Waals surface area contributed by atoms with E-state index < -0.39 is 67.1 Å². The number of benzene rings is 1. The zero-order valence-corrected chi connectivity index (χ0v) is 31.3. The maximum absolute atomic E-state index is 14.0. The molecule has 1 aromatic carbocycles. The number of aromatic nitrogens is 2. The summed E-state index contributed by atoms with van der Waals surface area (Å²) in [7, 11) is 0. The lowest BCUT2D eigenvalue weighted by Crippen LogP contribution is -2.60. The standard InChI is InChI=1S/C39H66N2O11/c1-3-5-7-9-11-13-15-19-23-49-35-31(42)29(51-37(46)33(35)44)25-40-27-21-17-18-22-28(27)41(39(40)48)26-30-32(43)36(34(45)38(47)52-30)50-24-20-16-14-12-10-8-6-4-2/h17-18,21-22,29-38,42-47H,3-16,19-20,23-26H2,1-2H3/t29-,30+,31-,32-,33+,34-,35+,36-,37-,38+/m0/s1. The minimum atomic E-state index is -1.62. The zero-order chi connectivity index (χ0) is 37.5. The molecule has 2 saturated heterocycles. The normalized spacial score (nSPS) is 29.6. The number of fused-ring (bicyclic) bond motifs is 1. The molecule has 0 radical (unpaired) electrons. The van der Waals surface area contributed by atoms with Crippen molar-refractivity contribution in [1.29, 1.82) is 0 Å². The quantitative estimate of drug-likeness (QED) is 0.0863. The van der Waals surface area contributed by atoms with Crippen LogP contribution >= 0.6 is 0 Å². The fraction of sp³-hybridized carbons (Fsp3) is 0.821. The number of para-hydroxylation sites is 2. The first-order valence-corrected chi connectivity index (χ1v) is 20.0. The molecule has 10 atom stereocenters. The van der Waals surface area contributed by atoms with Crippen molar-refractivity contribution in [2.24, 2.45) is 0 Å². The number of imidazole rings is 1. The number of ether oxygens (including phenoxy) is 4. The second-order valence-corrected chi connectivity index (χ2v) is 14.7. The van der Waals surface area contributed by atoms with Gasteiger partial charge in [0.25, 0.3) is 0 Å². The van der Waals surface area contributed by atoms with Crippen LogP contribution in [0.2, 0.25) is 0 Å². The first-order valence-electron chi connectivity index (χ1n) is 20.0. The molecular weight excluding hydrogens is 672 g/mol. The highest BCUT2D eigenvalue weighted by molar-refractivity contribution is 5.76. The Morgan fingerprint density at radius 3 is 1.25 bits per heavy atom. The summed E-state index contributed by atoms with van der Waals surface area (Å²) >= 11 is 0. The number of unbranched alkanes of at least 4 members (excludes halogenated alkanes) is 14. The van der Waals surface area contributed by atoms with Crippen LogP contribution < -0.4 is 5.69 Å². The summed E-state index contributed by atoms with van der Waals surface area (Å²) < 4.78 is 25.8. The van der Waals surface area contributed by atoms with Gasteiger partial charge < -0.3 is 49.6 Å². The molecule has 2 aliphatic rings. The van der Waals surface area contributed by atoms with Crippen molar-refractivity contribution in [2.75, 3.05) is 13.2 Å². The molecule has 52 heavy (non-hydrogen) atoms. The van der Waals surface area contributed by atoms with E-state index in [0.717, 1.165) is 51.4 Å². The van der Waals surface area contributed by atoms with E-state index in [-0.39, 0.29) is 13.1 Å². The number of nitrogens with zero attached hydrogens (tertiary/aromatic N) is 2. The van der Waals surface area contributed by atoms with Gasteiger partial charge in [-0.05, 0) is 25.0 Å². The molecule has 2 fully saturated rings. The zero-order valence-electron chi connectivity index (χ0n) is 31.3. The van der Waals surface area contributed by atoms with Crippen molar-refractivity contribution in [3.05, 3.63) is 34.7 Å². The van der Waals surface area contributed by atoms with Crippen molar-refractivity contribution >= 4 is 11.0 Å². The van der Waals surface area contributed by atoms with E-state index in [2.05, 4.69) is 13.8 Å². The van der Waals surface area contributed by atoms with Crippen molar-refractivity contribution in [2.45, 2.75) is 191 Å². The van der Waals surface area contributed by atoms with E-state index in [4.69, 9.17) is 18.9 Å². The summed E-state index contributed by atoms with van der Waals surface area (Å²) in [5.41, 5.74) is 0.518. The van der Waals surface area contributed by atoms with E-state index in [1.807, 2.05) is 0 Å². The van der Waals surface area contributed by atoms with Gasteiger partial charge in [0, 0.05) is 13.2 Å². The number of aliphatic hydroxyl groups is 6. The number of hydrogen-bond acceptors (Lipinski definition) is 11. The summed E-state index contributed by atoms with van der Waals surface area (Å²) in [4.78, 5) is 14.0. The molecule has 298 valence electrons. The van der Waals surface area contributed by atoms with Crippen LogP contribution in [-0.2, 0) is 32.0 Å². The molecule has 2 aliphatic heterocycles. The maximum Gasteiger partial charge on any atom is 0.329 e.